The molecule has 0 saturated carbocycles. The molecule has 36 heavy (non-hydrogen) atoms. The van der Waals surface area contributed by atoms with Crippen molar-refractivity contribution in [3.8, 4) is 0 Å². The minimum absolute atomic E-state index is 0.0310. The van der Waals surface area contributed by atoms with E-state index in [9.17, 15) is 9.90 Å². The van der Waals surface area contributed by atoms with Gasteiger partial charge in [0.05, 0.1) is 19.3 Å². The summed E-state index contributed by atoms with van der Waals surface area (Å²) in [4.78, 5) is 26.4. The van der Waals surface area contributed by atoms with Gasteiger partial charge in [-0.15, -0.1) is 0 Å². The number of rotatable bonds is 14. The average molecular weight is 530 g/mol. The van der Waals surface area contributed by atoms with E-state index in [1.807, 2.05) is 6.92 Å². The first-order valence-electron chi connectivity index (χ1n) is 12.2. The van der Waals surface area contributed by atoms with Gasteiger partial charge in [0.25, 0.3) is 5.91 Å². The van der Waals surface area contributed by atoms with Crippen molar-refractivity contribution in [2.24, 2.45) is 16.6 Å². The molecule has 13 nitrogen and oxygen atoms in total. The number of aliphatic hydroxyl groups excluding tert-OH is 2. The van der Waals surface area contributed by atoms with Gasteiger partial charge in [-0.25, -0.2) is 9.97 Å². The highest BCUT2D eigenvalue weighted by atomic mass is 35.5. The smallest absolute Gasteiger partial charge is 0.280 e. The zero-order chi connectivity index (χ0) is 26.5. The van der Waals surface area contributed by atoms with Crippen molar-refractivity contribution in [3.05, 3.63) is 10.8 Å². The number of nitrogens with two attached hydrogens (primary N) is 3. The molecule has 1 amide bonds. The van der Waals surface area contributed by atoms with E-state index >= 15 is 0 Å². The minimum Gasteiger partial charge on any atom is -0.396 e. The van der Waals surface area contributed by atoms with Crippen LogP contribution in [-0.4, -0.2) is 102 Å². The lowest BCUT2D eigenvalue weighted by atomic mass is 10.0. The van der Waals surface area contributed by atoms with Crippen LogP contribution >= 0.6 is 11.6 Å². The Bertz CT molecular complexity index is 853. The number of piperidine rings is 1. The van der Waals surface area contributed by atoms with Gasteiger partial charge in [-0.05, 0) is 45.3 Å². The van der Waals surface area contributed by atoms with Crippen LogP contribution in [-0.2, 0) is 4.74 Å². The van der Waals surface area contributed by atoms with Gasteiger partial charge in [-0.3, -0.25) is 15.1 Å². The predicted octanol–water partition coefficient (Wildman–Crippen LogP) is -0.821. The van der Waals surface area contributed by atoms with E-state index in [0.29, 0.717) is 25.7 Å². The zero-order valence-corrected chi connectivity index (χ0v) is 21.6. The van der Waals surface area contributed by atoms with E-state index in [4.69, 9.17) is 38.6 Å². The molecule has 0 unspecified atom stereocenters. The van der Waals surface area contributed by atoms with Crippen molar-refractivity contribution in [1.29, 1.82) is 0 Å². The quantitative estimate of drug-likeness (QED) is 0.0898. The fraction of sp³-hybridized carbons (Fsp3) is 0.727. The number of anilines is 2. The Balaban J connectivity index is 1.56. The summed E-state index contributed by atoms with van der Waals surface area (Å²) in [6.45, 7) is 6.62. The normalized spacial score (nSPS) is 17.2. The fourth-order valence-corrected chi connectivity index (χ4v) is 3.78. The van der Waals surface area contributed by atoms with Crippen LogP contribution in [0.3, 0.4) is 0 Å². The molecule has 1 aliphatic heterocycles. The second-order valence-corrected chi connectivity index (χ2v) is 9.42. The predicted molar refractivity (Wildman–Crippen MR) is 140 cm³/mol. The number of nitrogen functional groups attached to an aromatic ring is 2. The second-order valence-electron chi connectivity index (χ2n) is 9.06. The van der Waals surface area contributed by atoms with E-state index in [0.717, 1.165) is 45.3 Å². The van der Waals surface area contributed by atoms with Gasteiger partial charge in [-0.1, -0.05) is 18.5 Å². The van der Waals surface area contributed by atoms with Crippen molar-refractivity contribution >= 4 is 35.1 Å². The van der Waals surface area contributed by atoms with Crippen LogP contribution in [0.1, 0.15) is 43.1 Å². The first-order valence-corrected chi connectivity index (χ1v) is 12.6. The van der Waals surface area contributed by atoms with E-state index < -0.39 is 12.0 Å². The molecular formula is C22H40ClN9O4. The van der Waals surface area contributed by atoms with E-state index in [1.54, 1.807) is 0 Å². The van der Waals surface area contributed by atoms with Crippen LogP contribution in [0.4, 0.5) is 11.6 Å². The number of carbonyl (C=O) groups is 1. The molecule has 2 atom stereocenters. The Morgan fingerprint density at radius 2 is 1.97 bits per heavy atom. The second kappa shape index (κ2) is 15.7. The SMILES string of the molecule is C[C@H](CO)COC[C@@H](O)CNC1CCN(CCCCN=C(N)NC(=O)c2nc(Cl)c(N)nc2N)CC1. The Morgan fingerprint density at radius 1 is 1.25 bits per heavy atom. The molecule has 2 heterocycles. The molecule has 1 aliphatic rings. The van der Waals surface area contributed by atoms with Crippen LogP contribution in [0.15, 0.2) is 4.99 Å². The number of aliphatic imine (C=N–C) groups is 1. The molecule has 1 saturated heterocycles. The number of hydrogen-bond acceptors (Lipinski definition) is 11. The minimum atomic E-state index is -0.657. The molecular weight excluding hydrogens is 490 g/mol. The number of ether oxygens (including phenoxy) is 1. The highest BCUT2D eigenvalue weighted by Gasteiger charge is 2.20. The first kappa shape index (κ1) is 29.9. The molecule has 0 aromatic carbocycles. The van der Waals surface area contributed by atoms with Crippen molar-refractivity contribution in [1.82, 2.24) is 25.5 Å². The van der Waals surface area contributed by atoms with Crippen molar-refractivity contribution in [3.63, 3.8) is 0 Å². The van der Waals surface area contributed by atoms with Gasteiger partial charge in [-0.2, -0.15) is 0 Å². The Morgan fingerprint density at radius 3 is 2.67 bits per heavy atom. The maximum Gasteiger partial charge on any atom is 0.280 e. The first-order chi connectivity index (χ1) is 17.2. The van der Waals surface area contributed by atoms with E-state index in [1.165, 1.54) is 0 Å². The molecule has 1 fully saturated rings. The highest BCUT2D eigenvalue weighted by Crippen LogP contribution is 2.17. The third kappa shape index (κ3) is 10.8. The van der Waals surface area contributed by atoms with Crippen molar-refractivity contribution < 1.29 is 19.7 Å². The summed E-state index contributed by atoms with van der Waals surface area (Å²) in [7, 11) is 0. The number of nitrogens with zero attached hydrogens (tertiary/aromatic N) is 4. The molecule has 10 N–H and O–H groups in total. The summed E-state index contributed by atoms with van der Waals surface area (Å²) < 4.78 is 5.42. The summed E-state index contributed by atoms with van der Waals surface area (Å²) in [5, 5.41) is 24.7. The number of aliphatic hydroxyl groups is 2. The van der Waals surface area contributed by atoms with Crippen LogP contribution in [0.5, 0.6) is 0 Å². The number of likely N-dealkylation sites (tertiary alicyclic amines) is 1. The summed E-state index contributed by atoms with van der Waals surface area (Å²) in [6, 6.07) is 0.384. The van der Waals surface area contributed by atoms with Gasteiger partial charge in [0, 0.05) is 31.7 Å². The molecule has 1 aromatic rings. The van der Waals surface area contributed by atoms with Crippen LogP contribution in [0.25, 0.3) is 0 Å². The Hall–Kier alpha value is -2.29. The number of guanidine groups is 1. The summed E-state index contributed by atoms with van der Waals surface area (Å²) >= 11 is 5.79. The van der Waals surface area contributed by atoms with Crippen LogP contribution in [0, 0.1) is 5.92 Å². The molecule has 0 bridgehead atoms. The average Bonchev–Trinajstić information content (AvgIpc) is 2.85. The molecule has 2 rings (SSSR count). The van der Waals surface area contributed by atoms with Crippen LogP contribution < -0.4 is 27.8 Å². The monoisotopic (exact) mass is 529 g/mol. The molecule has 204 valence electrons. The van der Waals surface area contributed by atoms with Crippen molar-refractivity contribution in [2.75, 3.05) is 64.0 Å². The summed E-state index contributed by atoms with van der Waals surface area (Å²) in [5.41, 5.74) is 16.8. The third-order valence-electron chi connectivity index (χ3n) is 5.78. The van der Waals surface area contributed by atoms with Gasteiger partial charge >= 0.3 is 0 Å². The van der Waals surface area contributed by atoms with Crippen molar-refractivity contribution in [2.45, 2.75) is 44.8 Å². The number of halogens is 1. The maximum absolute atomic E-state index is 12.2. The lowest BCUT2D eigenvalue weighted by molar-refractivity contribution is 0.0134. The molecule has 1 aromatic heterocycles. The van der Waals surface area contributed by atoms with E-state index in [2.05, 4.69) is 30.5 Å². The lowest BCUT2D eigenvalue weighted by Gasteiger charge is -2.32. The standard InChI is InChI=1S/C22H40ClN9O4/c1-14(11-33)12-36-13-16(34)10-28-15-4-8-32(9-5-15)7-3-2-6-27-22(26)31-21(35)17-19(24)30-20(25)18(23)29-17/h14-16,28,33-34H,2-13H2,1H3,(H4,24,25,30)(H3,26,27,31,35)/t14-,16+/m1/s1. The number of hydrogen-bond donors (Lipinski definition) is 7. The van der Waals surface area contributed by atoms with Gasteiger partial charge < -0.3 is 42.4 Å². The summed E-state index contributed by atoms with van der Waals surface area (Å²) in [6.07, 6.45) is 3.27. The molecule has 14 heteroatoms. The van der Waals surface area contributed by atoms with Gasteiger partial charge in [0.2, 0.25) is 0 Å². The van der Waals surface area contributed by atoms with Gasteiger partial charge in [0.1, 0.15) is 0 Å². The number of amides is 1. The number of nitrogens with one attached hydrogen (secondary N) is 2. The number of carbonyl (C=O) groups excluding carboxylic acids is 1. The molecule has 0 spiro atoms. The topological polar surface area (TPSA) is 210 Å². The van der Waals surface area contributed by atoms with E-state index in [-0.39, 0.29) is 47.6 Å². The molecule has 0 aliphatic carbocycles. The Labute approximate surface area is 216 Å². The fourth-order valence-electron chi connectivity index (χ4n) is 3.65. The lowest BCUT2D eigenvalue weighted by Crippen LogP contribution is -2.45. The maximum atomic E-state index is 12.2. The summed E-state index contributed by atoms with van der Waals surface area (Å²) in [5.74, 6) is -0.810. The van der Waals surface area contributed by atoms with Gasteiger partial charge in [0.15, 0.2) is 28.4 Å². The zero-order valence-electron chi connectivity index (χ0n) is 20.8. The molecule has 0 radical (unpaired) electrons. The largest absolute Gasteiger partial charge is 0.396 e. The number of unbranched alkanes of at least 4 members (excludes halogenated alkanes) is 1. The third-order valence-corrected chi connectivity index (χ3v) is 6.06. The number of aromatic nitrogens is 2. The highest BCUT2D eigenvalue weighted by molar-refractivity contribution is 6.31. The van der Waals surface area contributed by atoms with Crippen LogP contribution in [0.2, 0.25) is 5.15 Å². The Kier molecular flexibility index (Phi) is 13.1.